The van der Waals surface area contributed by atoms with Gasteiger partial charge in [0.25, 0.3) is 5.69 Å². The summed E-state index contributed by atoms with van der Waals surface area (Å²) >= 11 is 0. The minimum Gasteiger partial charge on any atom is -0.373 e. The molecule has 0 atom stereocenters. The van der Waals surface area contributed by atoms with Gasteiger partial charge in [-0.1, -0.05) is 18.2 Å². The molecule has 0 saturated heterocycles. The van der Waals surface area contributed by atoms with E-state index in [0.29, 0.717) is 13.0 Å². The second-order valence-corrected chi connectivity index (χ2v) is 4.35. The molecule has 0 aliphatic heterocycles. The van der Waals surface area contributed by atoms with Crippen molar-refractivity contribution in [3.8, 4) is 0 Å². The number of hydrogen-bond acceptors (Lipinski definition) is 5. The average molecular weight is 286 g/mol. The molecule has 1 heterocycles. The van der Waals surface area contributed by atoms with Crippen LogP contribution in [0.2, 0.25) is 0 Å². The molecule has 2 aromatic rings. The normalized spacial score (nSPS) is 10.3. The number of non-ortho nitro benzene ring substituents is 1. The van der Waals surface area contributed by atoms with Crippen LogP contribution in [-0.4, -0.2) is 28.9 Å². The average Bonchev–Trinajstić information content (AvgIpc) is 2.52. The zero-order valence-electron chi connectivity index (χ0n) is 11.3. The minimum atomic E-state index is -0.529. The molecule has 0 aliphatic carbocycles. The molecule has 1 aromatic heterocycles. The molecule has 0 amide bonds. The third-order valence-corrected chi connectivity index (χ3v) is 2.84. The summed E-state index contributed by atoms with van der Waals surface area (Å²) < 4.78 is 5.29. The van der Waals surface area contributed by atoms with Crippen LogP contribution in [-0.2, 0) is 11.2 Å². The first-order valence-corrected chi connectivity index (χ1v) is 6.42. The first-order chi connectivity index (χ1) is 10.2. The molecule has 0 radical (unpaired) electrons. The number of pyridine rings is 1. The summed E-state index contributed by atoms with van der Waals surface area (Å²) in [7, 11) is 0. The van der Waals surface area contributed by atoms with E-state index < -0.39 is 4.92 Å². The lowest BCUT2D eigenvalue weighted by atomic mass is 10.1. The zero-order chi connectivity index (χ0) is 15.1. The maximum atomic E-state index is 11.9. The number of nitrogens with zero attached hydrogens (tertiary/aromatic N) is 2. The number of aromatic nitrogens is 1. The number of ether oxygens (including phenoxy) is 1. The van der Waals surface area contributed by atoms with Crippen LogP contribution in [0.5, 0.6) is 0 Å². The predicted molar refractivity (Wildman–Crippen MR) is 76.2 cm³/mol. The Morgan fingerprint density at radius 2 is 2.10 bits per heavy atom. The standard InChI is InChI=1S/C15H14N2O4/c18-15(12-4-3-6-14(10-12)17(19)20)11-21-9-7-13-5-1-2-8-16-13/h1-6,8,10H,7,9,11H2. The second-order valence-electron chi connectivity index (χ2n) is 4.35. The molecule has 0 saturated carbocycles. The Labute approximate surface area is 121 Å². The van der Waals surface area contributed by atoms with Crippen LogP contribution < -0.4 is 0 Å². The highest BCUT2D eigenvalue weighted by molar-refractivity contribution is 5.97. The van der Waals surface area contributed by atoms with Gasteiger partial charge >= 0.3 is 0 Å². The number of hydrogen-bond donors (Lipinski definition) is 0. The summed E-state index contributed by atoms with van der Waals surface area (Å²) in [6, 6.07) is 11.2. The largest absolute Gasteiger partial charge is 0.373 e. The Morgan fingerprint density at radius 3 is 2.81 bits per heavy atom. The molecule has 21 heavy (non-hydrogen) atoms. The zero-order valence-corrected chi connectivity index (χ0v) is 11.3. The van der Waals surface area contributed by atoms with Gasteiger partial charge in [-0.15, -0.1) is 0 Å². The van der Waals surface area contributed by atoms with E-state index in [-0.39, 0.29) is 23.6 Å². The lowest BCUT2D eigenvalue weighted by Crippen LogP contribution is -2.11. The van der Waals surface area contributed by atoms with E-state index in [4.69, 9.17) is 4.74 Å². The van der Waals surface area contributed by atoms with Crippen molar-refractivity contribution in [2.45, 2.75) is 6.42 Å². The van der Waals surface area contributed by atoms with Gasteiger partial charge in [0.1, 0.15) is 6.61 Å². The van der Waals surface area contributed by atoms with Gasteiger partial charge in [-0.05, 0) is 12.1 Å². The number of ketones is 1. The summed E-state index contributed by atoms with van der Waals surface area (Å²) in [4.78, 5) is 26.1. The molecule has 108 valence electrons. The third kappa shape index (κ3) is 4.47. The van der Waals surface area contributed by atoms with E-state index in [0.717, 1.165) is 5.69 Å². The summed E-state index contributed by atoms with van der Waals surface area (Å²) in [5.74, 6) is -0.278. The molecule has 0 unspecified atom stereocenters. The van der Waals surface area contributed by atoms with Gasteiger partial charge in [0.05, 0.1) is 11.5 Å². The van der Waals surface area contributed by atoms with E-state index in [9.17, 15) is 14.9 Å². The lowest BCUT2D eigenvalue weighted by Gasteiger charge is -2.04. The van der Waals surface area contributed by atoms with Gasteiger partial charge in [0.2, 0.25) is 0 Å². The maximum Gasteiger partial charge on any atom is 0.270 e. The van der Waals surface area contributed by atoms with Gasteiger partial charge in [-0.3, -0.25) is 19.9 Å². The first kappa shape index (κ1) is 14.8. The Hall–Kier alpha value is -2.60. The molecular formula is C15H14N2O4. The van der Waals surface area contributed by atoms with Crippen molar-refractivity contribution < 1.29 is 14.5 Å². The first-order valence-electron chi connectivity index (χ1n) is 6.42. The summed E-state index contributed by atoms with van der Waals surface area (Å²) in [5, 5.41) is 10.6. The fraction of sp³-hybridized carbons (Fsp3) is 0.200. The van der Waals surface area contributed by atoms with E-state index in [1.54, 1.807) is 6.20 Å². The molecule has 6 heteroatoms. The lowest BCUT2D eigenvalue weighted by molar-refractivity contribution is -0.384. The maximum absolute atomic E-state index is 11.9. The number of nitro groups is 1. The molecule has 0 fully saturated rings. The van der Waals surface area contributed by atoms with Crippen LogP contribution in [0.25, 0.3) is 0 Å². The number of Topliss-reactive ketones (excluding diaryl/α,β-unsaturated/α-hetero) is 1. The van der Waals surface area contributed by atoms with Crippen LogP contribution in [0.1, 0.15) is 16.1 Å². The number of carbonyl (C=O) groups is 1. The summed E-state index contributed by atoms with van der Waals surface area (Å²) in [5.41, 5.74) is 1.07. The quantitative estimate of drug-likeness (QED) is 0.338. The highest BCUT2D eigenvalue weighted by Gasteiger charge is 2.11. The van der Waals surface area contributed by atoms with Crippen LogP contribution in [0.4, 0.5) is 5.69 Å². The van der Waals surface area contributed by atoms with Gasteiger partial charge in [0, 0.05) is 36.0 Å². The molecule has 1 aromatic carbocycles. The van der Waals surface area contributed by atoms with Crippen LogP contribution >= 0.6 is 0 Å². The number of benzene rings is 1. The van der Waals surface area contributed by atoms with Crippen molar-refractivity contribution >= 4 is 11.5 Å². The predicted octanol–water partition coefficient (Wildman–Crippen LogP) is 2.43. The highest BCUT2D eigenvalue weighted by Crippen LogP contribution is 2.13. The van der Waals surface area contributed by atoms with Crippen molar-refractivity contribution in [1.29, 1.82) is 0 Å². The number of nitro benzene ring substituents is 1. The Bertz CT molecular complexity index is 629. The molecule has 2 rings (SSSR count). The van der Waals surface area contributed by atoms with Crippen molar-refractivity contribution in [3.63, 3.8) is 0 Å². The minimum absolute atomic E-state index is 0.102. The summed E-state index contributed by atoms with van der Waals surface area (Å²) in [6.07, 6.45) is 2.31. The fourth-order valence-electron chi connectivity index (χ4n) is 1.76. The third-order valence-electron chi connectivity index (χ3n) is 2.84. The van der Waals surface area contributed by atoms with Crippen LogP contribution in [0.15, 0.2) is 48.7 Å². The Kier molecular flexibility index (Phi) is 5.11. The van der Waals surface area contributed by atoms with Gasteiger partial charge < -0.3 is 4.74 Å². The van der Waals surface area contributed by atoms with Crippen molar-refractivity contribution in [1.82, 2.24) is 4.98 Å². The smallest absolute Gasteiger partial charge is 0.270 e. The van der Waals surface area contributed by atoms with E-state index in [1.807, 2.05) is 18.2 Å². The molecule has 0 aliphatic rings. The topological polar surface area (TPSA) is 82.3 Å². The SMILES string of the molecule is O=C(COCCc1ccccn1)c1cccc([N+](=O)[O-])c1. The summed E-state index contributed by atoms with van der Waals surface area (Å²) in [6.45, 7) is 0.270. The van der Waals surface area contributed by atoms with Crippen molar-refractivity contribution in [2.24, 2.45) is 0 Å². The molecule has 6 nitrogen and oxygen atoms in total. The number of rotatable bonds is 7. The second kappa shape index (κ2) is 7.25. The highest BCUT2D eigenvalue weighted by atomic mass is 16.6. The molecule has 0 spiro atoms. The Balaban J connectivity index is 1.82. The van der Waals surface area contributed by atoms with E-state index >= 15 is 0 Å². The molecule has 0 N–H and O–H groups in total. The monoisotopic (exact) mass is 286 g/mol. The van der Waals surface area contributed by atoms with Crippen LogP contribution in [0, 0.1) is 10.1 Å². The fourth-order valence-corrected chi connectivity index (χ4v) is 1.76. The van der Waals surface area contributed by atoms with Gasteiger partial charge in [0.15, 0.2) is 5.78 Å². The van der Waals surface area contributed by atoms with E-state index in [1.165, 1.54) is 24.3 Å². The van der Waals surface area contributed by atoms with Crippen LogP contribution in [0.3, 0.4) is 0 Å². The van der Waals surface area contributed by atoms with Gasteiger partial charge in [-0.2, -0.15) is 0 Å². The Morgan fingerprint density at radius 1 is 1.24 bits per heavy atom. The molecule has 0 bridgehead atoms. The van der Waals surface area contributed by atoms with Crippen molar-refractivity contribution in [2.75, 3.05) is 13.2 Å². The van der Waals surface area contributed by atoms with Gasteiger partial charge in [-0.25, -0.2) is 0 Å². The number of carbonyl (C=O) groups excluding carboxylic acids is 1. The van der Waals surface area contributed by atoms with E-state index in [2.05, 4.69) is 4.98 Å². The molecular weight excluding hydrogens is 272 g/mol. The van der Waals surface area contributed by atoms with Crippen molar-refractivity contribution in [3.05, 3.63) is 70.0 Å².